The topological polar surface area (TPSA) is 3.24 Å². The van der Waals surface area contributed by atoms with Gasteiger partial charge in [-0.15, -0.1) is 0 Å². The summed E-state index contributed by atoms with van der Waals surface area (Å²) in [5.74, 6) is 0. The summed E-state index contributed by atoms with van der Waals surface area (Å²) < 4.78 is 1.46. The van der Waals surface area contributed by atoms with E-state index in [1.807, 2.05) is 0 Å². The van der Waals surface area contributed by atoms with E-state index >= 15 is 0 Å². The Morgan fingerprint density at radius 3 is 2.15 bits per heavy atom. The maximum atomic E-state index is 3.20. The Bertz CT molecular complexity index is 542. The van der Waals surface area contributed by atoms with Crippen LogP contribution in [0.25, 0.3) is 0 Å². The number of rotatable bonds is 5. The monoisotopic (exact) mass is 398 g/mol. The summed E-state index contributed by atoms with van der Waals surface area (Å²) in [6.45, 7) is 4.57. The van der Waals surface area contributed by atoms with Gasteiger partial charge in [0.25, 0.3) is 0 Å². The Labute approximate surface area is 135 Å². The van der Waals surface area contributed by atoms with Gasteiger partial charge in [0.15, 0.2) is 0 Å². The van der Waals surface area contributed by atoms with Crippen LogP contribution in [-0.2, 0) is 0 Å². The van der Waals surface area contributed by atoms with E-state index < -0.39 is 0 Å². The van der Waals surface area contributed by atoms with Gasteiger partial charge in [-0.25, -0.2) is 0 Å². The van der Waals surface area contributed by atoms with Crippen molar-refractivity contribution in [3.63, 3.8) is 0 Å². The van der Waals surface area contributed by atoms with E-state index in [1.165, 1.54) is 15.6 Å². The summed E-state index contributed by atoms with van der Waals surface area (Å²) in [5.41, 5.74) is 2.81. The number of hydrogen-bond acceptors (Lipinski definition) is 1. The molecular weight excluding hydrogens is 376 g/mol. The van der Waals surface area contributed by atoms with Crippen LogP contribution in [-0.4, -0.2) is 39.3 Å². The zero-order valence-electron chi connectivity index (χ0n) is 12.1. The van der Waals surface area contributed by atoms with Crippen molar-refractivity contribution < 1.29 is 0 Å². The van der Waals surface area contributed by atoms with Gasteiger partial charge >= 0.3 is 135 Å². The first-order chi connectivity index (χ1) is 9.65. The number of benzene rings is 2. The molecule has 1 nitrogen and oxygen atoms in total. The van der Waals surface area contributed by atoms with Crippen LogP contribution in [0, 0.1) is 0 Å². The van der Waals surface area contributed by atoms with E-state index in [2.05, 4.69) is 94.6 Å². The van der Waals surface area contributed by atoms with Crippen molar-refractivity contribution >= 4 is 31.8 Å². The third kappa shape index (κ3) is 3.55. The predicted molar refractivity (Wildman–Crippen MR) is 88.6 cm³/mol. The van der Waals surface area contributed by atoms with Crippen molar-refractivity contribution in [3.8, 4) is 0 Å². The quantitative estimate of drug-likeness (QED) is 0.703. The average molecular weight is 396 g/mol. The molecule has 2 aromatic carbocycles. The molecular formula is C17H20NSe2-. The van der Waals surface area contributed by atoms with Crippen LogP contribution >= 0.6 is 0 Å². The fourth-order valence-electron chi connectivity index (χ4n) is 2.42. The first kappa shape index (κ1) is 15.8. The molecule has 0 saturated heterocycles. The van der Waals surface area contributed by atoms with Crippen LogP contribution < -0.4 is 4.46 Å². The minimum absolute atomic E-state index is 0.410. The molecule has 0 amide bonds. The molecule has 2 rings (SSSR count). The van der Waals surface area contributed by atoms with Gasteiger partial charge < -0.3 is 0 Å². The van der Waals surface area contributed by atoms with Gasteiger partial charge in [0.2, 0.25) is 0 Å². The molecule has 0 saturated carbocycles. The second kappa shape index (κ2) is 7.45. The van der Waals surface area contributed by atoms with Crippen LogP contribution in [0.1, 0.15) is 37.1 Å². The normalized spacial score (nSPS) is 14.2. The van der Waals surface area contributed by atoms with Gasteiger partial charge in [-0.2, -0.15) is 0 Å². The van der Waals surface area contributed by atoms with Crippen LogP contribution in [0.4, 0.5) is 0 Å². The van der Waals surface area contributed by atoms with Crippen LogP contribution in [0.2, 0.25) is 0 Å². The molecule has 0 N–H and O–H groups in total. The minimum atomic E-state index is 0.410. The summed E-state index contributed by atoms with van der Waals surface area (Å²) in [5, 5.41) is 0. The van der Waals surface area contributed by atoms with Gasteiger partial charge in [-0.1, -0.05) is 0 Å². The summed E-state index contributed by atoms with van der Waals surface area (Å²) in [6.07, 6.45) is 0. The molecule has 2 aromatic rings. The third-order valence-electron chi connectivity index (χ3n) is 3.96. The fourth-order valence-corrected chi connectivity index (χ4v) is 5.06. The van der Waals surface area contributed by atoms with Crippen LogP contribution in [0.5, 0.6) is 0 Å². The number of hydrogen-bond donors (Lipinski definition) is 0. The van der Waals surface area contributed by atoms with Crippen LogP contribution in [0.3, 0.4) is 0 Å². The van der Waals surface area contributed by atoms with Crippen LogP contribution in [0.15, 0.2) is 54.6 Å². The Hall–Kier alpha value is -0.561. The van der Waals surface area contributed by atoms with E-state index in [4.69, 9.17) is 0 Å². The first-order valence-electron chi connectivity index (χ1n) is 6.80. The van der Waals surface area contributed by atoms with Crippen molar-refractivity contribution in [1.82, 2.24) is 4.90 Å². The van der Waals surface area contributed by atoms with E-state index in [0.717, 1.165) is 0 Å². The molecule has 0 unspecified atom stereocenters. The molecule has 106 valence electrons. The molecule has 0 fully saturated rings. The molecule has 0 radical (unpaired) electrons. The Kier molecular flexibility index (Phi) is 5.89. The van der Waals surface area contributed by atoms with Gasteiger partial charge in [0.05, 0.1) is 0 Å². The van der Waals surface area contributed by atoms with Gasteiger partial charge in [0.1, 0.15) is 0 Å². The van der Waals surface area contributed by atoms with Gasteiger partial charge in [0, 0.05) is 0 Å². The third-order valence-corrected chi connectivity index (χ3v) is 7.08. The zero-order chi connectivity index (χ0) is 14.5. The molecule has 2 atom stereocenters. The van der Waals surface area contributed by atoms with E-state index in [9.17, 15) is 0 Å². The SMILES string of the molecule is C[C@H](c1ccccc1)N(C)[C@H](C)c1ccccc1[Se][Se-]. The summed E-state index contributed by atoms with van der Waals surface area (Å²) >= 11 is 3.62. The molecule has 0 aromatic heterocycles. The second-order valence-electron chi connectivity index (χ2n) is 5.05. The van der Waals surface area contributed by atoms with E-state index in [1.54, 1.807) is 0 Å². The summed E-state index contributed by atoms with van der Waals surface area (Å²) in [4.78, 5) is 2.44. The maximum absolute atomic E-state index is 3.20. The van der Waals surface area contributed by atoms with Crippen molar-refractivity contribution in [1.29, 1.82) is 0 Å². The van der Waals surface area contributed by atoms with Crippen molar-refractivity contribution in [2.45, 2.75) is 25.9 Å². The van der Waals surface area contributed by atoms with Gasteiger partial charge in [-0.05, 0) is 0 Å². The molecule has 0 heterocycles. The molecule has 20 heavy (non-hydrogen) atoms. The number of nitrogens with zero attached hydrogens (tertiary/aromatic N) is 1. The fraction of sp³-hybridized carbons (Fsp3) is 0.294. The Morgan fingerprint density at radius 2 is 1.50 bits per heavy atom. The molecule has 0 bridgehead atoms. The first-order valence-corrected chi connectivity index (χ1v) is 12.0. The summed E-state index contributed by atoms with van der Waals surface area (Å²) in [6, 6.07) is 20.3. The van der Waals surface area contributed by atoms with Crippen molar-refractivity contribution in [2.24, 2.45) is 0 Å². The molecule has 0 aliphatic heterocycles. The average Bonchev–Trinajstić information content (AvgIpc) is 2.53. The second-order valence-corrected chi connectivity index (χ2v) is 8.14. The van der Waals surface area contributed by atoms with Gasteiger partial charge in [-0.3, -0.25) is 0 Å². The van der Waals surface area contributed by atoms with E-state index in [0.29, 0.717) is 25.2 Å². The predicted octanol–water partition coefficient (Wildman–Crippen LogP) is 2.85. The molecule has 0 aliphatic rings. The Balaban J connectivity index is 2.22. The Morgan fingerprint density at radius 1 is 0.900 bits per heavy atom. The van der Waals surface area contributed by atoms with Crippen molar-refractivity contribution in [2.75, 3.05) is 7.05 Å². The molecule has 0 spiro atoms. The standard InChI is InChI=1S/C17H21NSe2/c1-13(15-9-5-4-6-10-15)18(3)14(2)16-11-7-8-12-17(16)20-19/h4-14,19H,1-3H3/p-1/t13-,14-/m1/s1. The van der Waals surface area contributed by atoms with Crippen molar-refractivity contribution in [3.05, 3.63) is 65.7 Å². The molecule has 3 heteroatoms. The zero-order valence-corrected chi connectivity index (χ0v) is 15.5. The summed E-state index contributed by atoms with van der Waals surface area (Å²) in [7, 11) is 2.21. The molecule has 0 aliphatic carbocycles. The van der Waals surface area contributed by atoms with E-state index in [-0.39, 0.29) is 0 Å².